The summed E-state index contributed by atoms with van der Waals surface area (Å²) in [6, 6.07) is 4.86. The van der Waals surface area contributed by atoms with E-state index in [2.05, 4.69) is 16.0 Å². The van der Waals surface area contributed by atoms with E-state index >= 15 is 0 Å². The number of unbranched alkanes of at least 4 members (excludes halogenated alkanes) is 1. The standard InChI is InChI=1S/C20H29N3O5S/c1-13(20(27)28)22-19(26)16(8-5-6-12-21-14(2)29)23-18(25)11-10-15-7-3-4-9-17(15)24/h3-4,7,9,13,16,24H,5-6,8,10-12H2,1-2H3,(H,21,29)(H,22,26)(H,23,25)(H,27,28)/t13-,16-/m0/s1. The Kier molecular flexibility index (Phi) is 10.7. The lowest BCUT2D eigenvalue weighted by molar-refractivity contribution is -0.141. The van der Waals surface area contributed by atoms with Crippen molar-refractivity contribution >= 4 is 35.0 Å². The lowest BCUT2D eigenvalue weighted by Crippen LogP contribution is -2.50. The lowest BCUT2D eigenvalue weighted by atomic mass is 10.1. The number of benzene rings is 1. The van der Waals surface area contributed by atoms with Gasteiger partial charge in [0.15, 0.2) is 0 Å². The average Bonchev–Trinajstić information content (AvgIpc) is 2.65. The third-order valence-electron chi connectivity index (χ3n) is 4.29. The molecule has 0 unspecified atom stereocenters. The second-order valence-electron chi connectivity index (χ2n) is 6.80. The van der Waals surface area contributed by atoms with Crippen molar-refractivity contribution in [1.82, 2.24) is 16.0 Å². The molecule has 0 aromatic heterocycles. The Bertz CT molecular complexity index is 726. The Morgan fingerprint density at radius 3 is 2.45 bits per heavy atom. The summed E-state index contributed by atoms with van der Waals surface area (Å²) < 4.78 is 0. The summed E-state index contributed by atoms with van der Waals surface area (Å²) in [5.41, 5.74) is 0.643. The molecule has 29 heavy (non-hydrogen) atoms. The zero-order chi connectivity index (χ0) is 21.8. The van der Waals surface area contributed by atoms with Crippen LogP contribution in [-0.2, 0) is 20.8 Å². The van der Waals surface area contributed by atoms with Crippen LogP contribution in [-0.4, -0.2) is 51.6 Å². The summed E-state index contributed by atoms with van der Waals surface area (Å²) in [4.78, 5) is 36.4. The van der Waals surface area contributed by atoms with Crippen molar-refractivity contribution in [2.24, 2.45) is 0 Å². The molecule has 0 saturated carbocycles. The van der Waals surface area contributed by atoms with Crippen LogP contribution < -0.4 is 16.0 Å². The van der Waals surface area contributed by atoms with Crippen molar-refractivity contribution in [1.29, 1.82) is 0 Å². The Morgan fingerprint density at radius 1 is 1.14 bits per heavy atom. The average molecular weight is 424 g/mol. The summed E-state index contributed by atoms with van der Waals surface area (Å²) in [5.74, 6) is -1.91. The van der Waals surface area contributed by atoms with Crippen LogP contribution in [0.15, 0.2) is 24.3 Å². The number of phenolic OH excluding ortho intramolecular Hbond substituents is 1. The van der Waals surface area contributed by atoms with E-state index in [1.807, 2.05) is 0 Å². The van der Waals surface area contributed by atoms with Crippen LogP contribution in [0.5, 0.6) is 5.75 Å². The number of aliphatic carboxylic acids is 1. The molecule has 0 bridgehead atoms. The summed E-state index contributed by atoms with van der Waals surface area (Å²) in [5, 5.41) is 26.9. The molecule has 0 aliphatic rings. The molecular formula is C20H29N3O5S. The summed E-state index contributed by atoms with van der Waals surface area (Å²) in [7, 11) is 0. The van der Waals surface area contributed by atoms with Gasteiger partial charge in [0.2, 0.25) is 11.8 Å². The maximum atomic E-state index is 12.4. The van der Waals surface area contributed by atoms with Gasteiger partial charge in [-0.15, -0.1) is 0 Å². The van der Waals surface area contributed by atoms with Gasteiger partial charge in [-0.25, -0.2) is 0 Å². The van der Waals surface area contributed by atoms with Gasteiger partial charge in [-0.3, -0.25) is 14.4 Å². The van der Waals surface area contributed by atoms with Gasteiger partial charge in [0.25, 0.3) is 0 Å². The normalized spacial score (nSPS) is 12.5. The number of aryl methyl sites for hydroxylation is 1. The molecule has 0 radical (unpaired) electrons. The first-order valence-electron chi connectivity index (χ1n) is 9.54. The molecule has 0 aliphatic carbocycles. The Labute approximate surface area is 176 Å². The molecule has 0 saturated heterocycles. The van der Waals surface area contributed by atoms with E-state index in [9.17, 15) is 19.5 Å². The number of carbonyl (C=O) groups is 3. The number of phenols is 1. The van der Waals surface area contributed by atoms with E-state index in [0.29, 0.717) is 36.4 Å². The first-order chi connectivity index (χ1) is 13.7. The second-order valence-corrected chi connectivity index (χ2v) is 7.41. The van der Waals surface area contributed by atoms with Crippen molar-refractivity contribution < 1.29 is 24.6 Å². The third kappa shape index (κ3) is 9.89. The molecule has 1 aromatic rings. The van der Waals surface area contributed by atoms with Crippen molar-refractivity contribution in [3.8, 4) is 5.75 Å². The molecule has 0 heterocycles. The summed E-state index contributed by atoms with van der Waals surface area (Å²) in [6.45, 7) is 3.81. The Hall–Kier alpha value is -2.68. The number of carboxylic acids is 1. The third-order valence-corrected chi connectivity index (χ3v) is 4.43. The van der Waals surface area contributed by atoms with Gasteiger partial charge < -0.3 is 26.2 Å². The molecule has 0 fully saturated rings. The zero-order valence-electron chi connectivity index (χ0n) is 16.7. The van der Waals surface area contributed by atoms with Crippen LogP contribution in [0.2, 0.25) is 0 Å². The number of para-hydroxylation sites is 1. The topological polar surface area (TPSA) is 128 Å². The first kappa shape index (κ1) is 24.4. The fourth-order valence-electron chi connectivity index (χ4n) is 2.62. The molecule has 8 nitrogen and oxygen atoms in total. The molecule has 9 heteroatoms. The van der Waals surface area contributed by atoms with Gasteiger partial charge in [-0.05, 0) is 51.2 Å². The predicted octanol–water partition coefficient (Wildman–Crippen LogP) is 1.51. The monoisotopic (exact) mass is 423 g/mol. The predicted molar refractivity (Wildman–Crippen MR) is 114 cm³/mol. The van der Waals surface area contributed by atoms with E-state index in [4.69, 9.17) is 17.3 Å². The van der Waals surface area contributed by atoms with Gasteiger partial charge in [0.1, 0.15) is 17.8 Å². The Balaban J connectivity index is 2.61. The molecule has 2 amide bonds. The lowest BCUT2D eigenvalue weighted by Gasteiger charge is -2.20. The van der Waals surface area contributed by atoms with Gasteiger partial charge in [-0.2, -0.15) is 0 Å². The zero-order valence-corrected chi connectivity index (χ0v) is 17.6. The molecular weight excluding hydrogens is 394 g/mol. The SMILES string of the molecule is CC(=S)NCCCC[C@H](NC(=O)CCc1ccccc1O)C(=O)N[C@@H](C)C(=O)O. The molecule has 160 valence electrons. The summed E-state index contributed by atoms with van der Waals surface area (Å²) >= 11 is 4.94. The molecule has 0 spiro atoms. The molecule has 2 atom stereocenters. The van der Waals surface area contributed by atoms with E-state index in [1.165, 1.54) is 6.92 Å². The van der Waals surface area contributed by atoms with Crippen LogP contribution in [0.3, 0.4) is 0 Å². The van der Waals surface area contributed by atoms with Crippen molar-refractivity contribution in [2.75, 3.05) is 6.54 Å². The van der Waals surface area contributed by atoms with E-state index in [1.54, 1.807) is 31.2 Å². The largest absolute Gasteiger partial charge is 0.508 e. The van der Waals surface area contributed by atoms with Gasteiger partial charge in [-0.1, -0.05) is 30.4 Å². The number of rotatable bonds is 12. The van der Waals surface area contributed by atoms with Crippen LogP contribution in [0.1, 0.15) is 45.1 Å². The maximum absolute atomic E-state index is 12.4. The van der Waals surface area contributed by atoms with Crippen molar-refractivity contribution in [3.05, 3.63) is 29.8 Å². The first-order valence-corrected chi connectivity index (χ1v) is 9.95. The number of thiocarbonyl (C=S) groups is 1. The number of nitrogens with one attached hydrogen (secondary N) is 3. The van der Waals surface area contributed by atoms with Gasteiger partial charge >= 0.3 is 5.97 Å². The number of carboxylic acid groups (broad SMARTS) is 1. The minimum absolute atomic E-state index is 0.0987. The number of hydrogen-bond donors (Lipinski definition) is 5. The minimum atomic E-state index is -1.15. The van der Waals surface area contributed by atoms with Crippen LogP contribution >= 0.6 is 12.2 Å². The second kappa shape index (κ2) is 12.7. The fraction of sp³-hybridized carbons (Fsp3) is 0.500. The molecule has 0 aliphatic heterocycles. The van der Waals surface area contributed by atoms with Crippen LogP contribution in [0.25, 0.3) is 0 Å². The highest BCUT2D eigenvalue weighted by atomic mass is 32.1. The smallest absolute Gasteiger partial charge is 0.325 e. The number of carbonyl (C=O) groups excluding carboxylic acids is 2. The Morgan fingerprint density at radius 2 is 1.83 bits per heavy atom. The molecule has 1 aromatic carbocycles. The quantitative estimate of drug-likeness (QED) is 0.255. The summed E-state index contributed by atoms with van der Waals surface area (Å²) in [6.07, 6.45) is 2.20. The number of amides is 2. The highest BCUT2D eigenvalue weighted by Gasteiger charge is 2.23. The van der Waals surface area contributed by atoms with Gasteiger partial charge in [0, 0.05) is 13.0 Å². The highest BCUT2D eigenvalue weighted by molar-refractivity contribution is 7.80. The van der Waals surface area contributed by atoms with Crippen molar-refractivity contribution in [2.45, 2.75) is 58.0 Å². The number of aromatic hydroxyl groups is 1. The van der Waals surface area contributed by atoms with Crippen LogP contribution in [0, 0.1) is 0 Å². The van der Waals surface area contributed by atoms with E-state index < -0.39 is 24.0 Å². The maximum Gasteiger partial charge on any atom is 0.325 e. The number of hydrogen-bond acceptors (Lipinski definition) is 5. The molecule has 5 N–H and O–H groups in total. The van der Waals surface area contributed by atoms with E-state index in [0.717, 1.165) is 6.42 Å². The van der Waals surface area contributed by atoms with Crippen LogP contribution in [0.4, 0.5) is 0 Å². The van der Waals surface area contributed by atoms with Crippen molar-refractivity contribution in [3.63, 3.8) is 0 Å². The highest BCUT2D eigenvalue weighted by Crippen LogP contribution is 2.17. The fourth-order valence-corrected chi connectivity index (χ4v) is 2.72. The van der Waals surface area contributed by atoms with Gasteiger partial charge in [0.05, 0.1) is 4.99 Å². The minimum Gasteiger partial charge on any atom is -0.508 e. The molecule has 1 rings (SSSR count). The van der Waals surface area contributed by atoms with E-state index in [-0.39, 0.29) is 18.1 Å².